The molecule has 0 unspecified atom stereocenters. The van der Waals surface area contributed by atoms with Gasteiger partial charge in [0.15, 0.2) is 0 Å². The van der Waals surface area contributed by atoms with E-state index in [1.807, 2.05) is 0 Å². The number of nitrogens with zero attached hydrogens (tertiary/aromatic N) is 1. The van der Waals surface area contributed by atoms with Crippen molar-refractivity contribution >= 4 is 26.8 Å². The molecule has 1 aliphatic heterocycles. The molecule has 2 aromatic rings. The van der Waals surface area contributed by atoms with Crippen molar-refractivity contribution in [1.82, 2.24) is 15.2 Å². The van der Waals surface area contributed by atoms with E-state index >= 15 is 0 Å². The molecule has 2 N–H and O–H groups in total. The lowest BCUT2D eigenvalue weighted by Crippen LogP contribution is -2.44. The monoisotopic (exact) mass is 307 g/mol. The normalized spacial score (nSPS) is 17.4. The minimum atomic E-state index is 1.13. The van der Waals surface area contributed by atoms with Crippen molar-refractivity contribution in [2.24, 2.45) is 0 Å². The molecule has 0 bridgehead atoms. The molecule has 1 fully saturated rings. The van der Waals surface area contributed by atoms with Crippen LogP contribution in [-0.2, 0) is 6.42 Å². The molecule has 0 radical (unpaired) electrons. The van der Waals surface area contributed by atoms with E-state index in [0.29, 0.717) is 0 Å². The highest BCUT2D eigenvalue weighted by atomic mass is 79.9. The molecule has 1 aromatic heterocycles. The number of hydrogen-bond acceptors (Lipinski definition) is 2. The van der Waals surface area contributed by atoms with Crippen LogP contribution in [-0.4, -0.2) is 42.6 Å². The molecule has 0 amide bonds. The van der Waals surface area contributed by atoms with Gasteiger partial charge in [-0.3, -0.25) is 0 Å². The van der Waals surface area contributed by atoms with Crippen LogP contribution in [0, 0.1) is 0 Å². The van der Waals surface area contributed by atoms with E-state index in [4.69, 9.17) is 0 Å². The van der Waals surface area contributed by atoms with Gasteiger partial charge in [0.1, 0.15) is 0 Å². The number of hydrogen-bond donors (Lipinski definition) is 2. The summed E-state index contributed by atoms with van der Waals surface area (Å²) < 4.78 is 1.13. The first-order valence-corrected chi connectivity index (χ1v) is 7.31. The van der Waals surface area contributed by atoms with Crippen LogP contribution in [0.2, 0.25) is 0 Å². The number of benzene rings is 1. The Balaban J connectivity index is 1.70. The molecule has 0 atom stereocenters. The minimum absolute atomic E-state index is 1.13. The molecule has 0 aliphatic carbocycles. The molecule has 0 saturated carbocycles. The number of fused-ring (bicyclic) bond motifs is 1. The zero-order valence-electron chi connectivity index (χ0n) is 10.4. The maximum Gasteiger partial charge on any atom is 0.0468 e. The minimum Gasteiger partial charge on any atom is -0.361 e. The molecular formula is C14H18BrN3. The number of nitrogens with one attached hydrogen (secondary N) is 2. The molecule has 3 nitrogen and oxygen atoms in total. The summed E-state index contributed by atoms with van der Waals surface area (Å²) in [6, 6.07) is 6.46. The van der Waals surface area contributed by atoms with Gasteiger partial charge in [-0.1, -0.05) is 22.0 Å². The van der Waals surface area contributed by atoms with Crippen molar-refractivity contribution in [3.8, 4) is 0 Å². The zero-order valence-corrected chi connectivity index (χ0v) is 12.0. The average Bonchev–Trinajstić information content (AvgIpc) is 2.80. The van der Waals surface area contributed by atoms with Crippen LogP contribution in [0.15, 0.2) is 28.9 Å². The van der Waals surface area contributed by atoms with E-state index in [-0.39, 0.29) is 0 Å². The molecule has 1 aliphatic rings. The van der Waals surface area contributed by atoms with Crippen LogP contribution in [0.25, 0.3) is 10.9 Å². The summed E-state index contributed by atoms with van der Waals surface area (Å²) in [6.07, 6.45) is 3.28. The van der Waals surface area contributed by atoms with Gasteiger partial charge in [-0.25, -0.2) is 0 Å². The summed E-state index contributed by atoms with van der Waals surface area (Å²) in [5, 5.41) is 4.75. The Kier molecular flexibility index (Phi) is 3.68. The molecule has 18 heavy (non-hydrogen) atoms. The van der Waals surface area contributed by atoms with Crippen molar-refractivity contribution in [3.05, 3.63) is 34.4 Å². The highest BCUT2D eigenvalue weighted by molar-refractivity contribution is 9.10. The van der Waals surface area contributed by atoms with Gasteiger partial charge in [0.25, 0.3) is 0 Å². The quantitative estimate of drug-likeness (QED) is 0.912. The van der Waals surface area contributed by atoms with Gasteiger partial charge in [-0.2, -0.15) is 0 Å². The fraction of sp³-hybridized carbons (Fsp3) is 0.429. The Labute approximate surface area is 116 Å². The van der Waals surface area contributed by atoms with Gasteiger partial charge >= 0.3 is 0 Å². The molecule has 2 heterocycles. The lowest BCUT2D eigenvalue weighted by atomic mass is 10.1. The second kappa shape index (κ2) is 5.43. The van der Waals surface area contributed by atoms with Crippen LogP contribution in [0.4, 0.5) is 0 Å². The van der Waals surface area contributed by atoms with E-state index in [1.54, 1.807) is 0 Å². The van der Waals surface area contributed by atoms with Crippen LogP contribution in [0.5, 0.6) is 0 Å². The highest BCUT2D eigenvalue weighted by Gasteiger charge is 2.10. The molecule has 1 saturated heterocycles. The molecule has 3 rings (SSSR count). The topological polar surface area (TPSA) is 31.1 Å². The van der Waals surface area contributed by atoms with Crippen molar-refractivity contribution in [2.45, 2.75) is 6.42 Å². The lowest BCUT2D eigenvalue weighted by molar-refractivity contribution is 0.244. The third kappa shape index (κ3) is 2.60. The first kappa shape index (κ1) is 12.2. The van der Waals surface area contributed by atoms with E-state index in [2.05, 4.69) is 55.5 Å². The van der Waals surface area contributed by atoms with Gasteiger partial charge in [-0.05, 0) is 24.1 Å². The third-order valence-electron chi connectivity index (χ3n) is 3.64. The van der Waals surface area contributed by atoms with Crippen molar-refractivity contribution in [3.63, 3.8) is 0 Å². The van der Waals surface area contributed by atoms with Crippen molar-refractivity contribution < 1.29 is 0 Å². The zero-order chi connectivity index (χ0) is 12.4. The summed E-state index contributed by atoms with van der Waals surface area (Å²) >= 11 is 3.51. The van der Waals surface area contributed by atoms with Gasteiger partial charge in [0.2, 0.25) is 0 Å². The maximum atomic E-state index is 3.51. The molecule has 0 spiro atoms. The van der Waals surface area contributed by atoms with Crippen molar-refractivity contribution in [1.29, 1.82) is 0 Å². The van der Waals surface area contributed by atoms with E-state index in [9.17, 15) is 0 Å². The molecule has 4 heteroatoms. The molecule has 96 valence electrons. The number of aromatic nitrogens is 1. The third-order valence-corrected chi connectivity index (χ3v) is 4.13. The van der Waals surface area contributed by atoms with Crippen LogP contribution < -0.4 is 5.32 Å². The summed E-state index contributed by atoms with van der Waals surface area (Å²) in [5.41, 5.74) is 2.65. The second-order valence-electron chi connectivity index (χ2n) is 4.85. The van der Waals surface area contributed by atoms with E-state index in [0.717, 1.165) is 30.5 Å². The fourth-order valence-corrected chi connectivity index (χ4v) is 2.94. The van der Waals surface area contributed by atoms with Gasteiger partial charge in [0.05, 0.1) is 0 Å². The summed E-state index contributed by atoms with van der Waals surface area (Å²) in [7, 11) is 0. The molecule has 1 aromatic carbocycles. The van der Waals surface area contributed by atoms with Crippen LogP contribution in [0.1, 0.15) is 5.56 Å². The Hall–Kier alpha value is -0.840. The largest absolute Gasteiger partial charge is 0.361 e. The van der Waals surface area contributed by atoms with E-state index < -0.39 is 0 Å². The first-order chi connectivity index (χ1) is 8.83. The van der Waals surface area contributed by atoms with Crippen LogP contribution in [0.3, 0.4) is 0 Å². The Morgan fingerprint density at radius 3 is 2.89 bits per heavy atom. The van der Waals surface area contributed by atoms with E-state index in [1.165, 1.54) is 29.6 Å². The fourth-order valence-electron chi connectivity index (χ4n) is 2.58. The number of rotatable bonds is 3. The highest BCUT2D eigenvalue weighted by Crippen LogP contribution is 2.22. The molecular weight excluding hydrogens is 290 g/mol. The SMILES string of the molecule is Brc1ccc2c(CCN3CCNCC3)c[nH]c2c1. The maximum absolute atomic E-state index is 3.51. The summed E-state index contributed by atoms with van der Waals surface area (Å²) in [4.78, 5) is 5.89. The predicted molar refractivity (Wildman–Crippen MR) is 79.0 cm³/mol. The van der Waals surface area contributed by atoms with Gasteiger partial charge in [-0.15, -0.1) is 0 Å². The number of aromatic amines is 1. The van der Waals surface area contributed by atoms with Crippen LogP contribution >= 0.6 is 15.9 Å². The number of piperazine rings is 1. The van der Waals surface area contributed by atoms with Crippen molar-refractivity contribution in [2.75, 3.05) is 32.7 Å². The standard InChI is InChI=1S/C14H18BrN3/c15-12-1-2-13-11(10-17-14(13)9-12)3-6-18-7-4-16-5-8-18/h1-2,9-10,16-17H,3-8H2. The lowest BCUT2D eigenvalue weighted by Gasteiger charge is -2.26. The van der Waals surface area contributed by atoms with Gasteiger partial charge in [0, 0.05) is 54.3 Å². The number of H-pyrrole nitrogens is 1. The van der Waals surface area contributed by atoms with Gasteiger partial charge < -0.3 is 15.2 Å². The average molecular weight is 308 g/mol. The Morgan fingerprint density at radius 1 is 1.22 bits per heavy atom. The Morgan fingerprint density at radius 2 is 2.06 bits per heavy atom. The summed E-state index contributed by atoms with van der Waals surface area (Å²) in [6.45, 7) is 5.76. The number of halogens is 1. The first-order valence-electron chi connectivity index (χ1n) is 6.51. The Bertz CT molecular complexity index is 529. The smallest absolute Gasteiger partial charge is 0.0468 e. The second-order valence-corrected chi connectivity index (χ2v) is 5.76. The summed E-state index contributed by atoms with van der Waals surface area (Å²) in [5.74, 6) is 0. The predicted octanol–water partition coefficient (Wildman–Crippen LogP) is 2.38.